The summed E-state index contributed by atoms with van der Waals surface area (Å²) >= 11 is 1.39. The first-order chi connectivity index (χ1) is 11.6. The highest BCUT2D eigenvalue weighted by Crippen LogP contribution is 2.48. The molecule has 0 bridgehead atoms. The van der Waals surface area contributed by atoms with E-state index in [0.717, 1.165) is 12.1 Å². The average molecular weight is 343 g/mol. The first kappa shape index (κ1) is 16.6. The number of amides is 2. The van der Waals surface area contributed by atoms with Gasteiger partial charge in [0.05, 0.1) is 12.2 Å². The second-order valence-corrected chi connectivity index (χ2v) is 6.91. The third kappa shape index (κ3) is 3.82. The Hall–Kier alpha value is -2.21. The summed E-state index contributed by atoms with van der Waals surface area (Å²) in [6.45, 7) is 4.39. The van der Waals surface area contributed by atoms with Crippen molar-refractivity contribution in [2.24, 2.45) is 5.92 Å². The van der Waals surface area contributed by atoms with Gasteiger partial charge < -0.3 is 10.2 Å². The summed E-state index contributed by atoms with van der Waals surface area (Å²) in [6.07, 6.45) is 0.868. The number of hydrogen-bond acceptors (Lipinski definition) is 4. The second kappa shape index (κ2) is 7.13. The quantitative estimate of drug-likeness (QED) is 0.877. The van der Waals surface area contributed by atoms with E-state index in [-0.39, 0.29) is 30.2 Å². The highest BCUT2D eigenvalue weighted by atomic mass is 32.1. The number of thiazole rings is 1. The van der Waals surface area contributed by atoms with Gasteiger partial charge in [-0.3, -0.25) is 9.59 Å². The van der Waals surface area contributed by atoms with Crippen molar-refractivity contribution in [3.8, 4) is 0 Å². The van der Waals surface area contributed by atoms with Crippen LogP contribution in [0.25, 0.3) is 0 Å². The molecule has 126 valence electrons. The molecule has 6 heteroatoms. The third-order valence-electron chi connectivity index (χ3n) is 4.23. The van der Waals surface area contributed by atoms with Crippen molar-refractivity contribution in [2.45, 2.75) is 26.2 Å². The molecule has 24 heavy (non-hydrogen) atoms. The fraction of sp³-hybridized carbons (Fsp3) is 0.389. The Morgan fingerprint density at radius 1 is 1.33 bits per heavy atom. The van der Waals surface area contributed by atoms with E-state index in [0.29, 0.717) is 11.7 Å². The van der Waals surface area contributed by atoms with E-state index in [9.17, 15) is 9.59 Å². The number of hydrogen-bond donors (Lipinski definition) is 1. The predicted octanol–water partition coefficient (Wildman–Crippen LogP) is 3.04. The van der Waals surface area contributed by atoms with Gasteiger partial charge in [-0.2, -0.15) is 0 Å². The van der Waals surface area contributed by atoms with E-state index in [1.807, 2.05) is 37.4 Å². The summed E-state index contributed by atoms with van der Waals surface area (Å²) in [7, 11) is 0. The molecule has 0 saturated heterocycles. The Morgan fingerprint density at radius 2 is 2.08 bits per heavy atom. The van der Waals surface area contributed by atoms with Gasteiger partial charge in [0.15, 0.2) is 5.13 Å². The zero-order chi connectivity index (χ0) is 17.1. The summed E-state index contributed by atoms with van der Waals surface area (Å²) in [6, 6.07) is 10.1. The minimum absolute atomic E-state index is 0.00209. The van der Waals surface area contributed by atoms with Crippen molar-refractivity contribution in [1.82, 2.24) is 9.88 Å². The Bertz CT molecular complexity index is 729. The van der Waals surface area contributed by atoms with Gasteiger partial charge in [0.25, 0.3) is 0 Å². The monoisotopic (exact) mass is 343 g/mol. The number of anilines is 1. The van der Waals surface area contributed by atoms with Crippen molar-refractivity contribution < 1.29 is 9.59 Å². The van der Waals surface area contributed by atoms with E-state index in [1.54, 1.807) is 4.90 Å². The smallest absolute Gasteiger partial charge is 0.245 e. The maximum Gasteiger partial charge on any atom is 0.245 e. The van der Waals surface area contributed by atoms with Crippen LogP contribution in [0.1, 0.15) is 30.5 Å². The molecule has 1 heterocycles. The van der Waals surface area contributed by atoms with Gasteiger partial charge in [0, 0.05) is 17.8 Å². The third-order valence-corrected chi connectivity index (χ3v) is 5.10. The van der Waals surface area contributed by atoms with Crippen molar-refractivity contribution in [2.75, 3.05) is 18.4 Å². The fourth-order valence-corrected chi connectivity index (χ4v) is 3.56. The maximum absolute atomic E-state index is 12.6. The van der Waals surface area contributed by atoms with Gasteiger partial charge in [-0.05, 0) is 31.7 Å². The van der Waals surface area contributed by atoms with Gasteiger partial charge in [0.2, 0.25) is 11.8 Å². The lowest BCUT2D eigenvalue weighted by atomic mass is 10.1. The second-order valence-electron chi connectivity index (χ2n) is 6.05. The van der Waals surface area contributed by atoms with Crippen LogP contribution in [-0.4, -0.2) is 34.8 Å². The summed E-state index contributed by atoms with van der Waals surface area (Å²) in [5.74, 6) is 0.160. The number of aryl methyl sites for hydroxylation is 1. The molecule has 1 aliphatic carbocycles. The summed E-state index contributed by atoms with van der Waals surface area (Å²) in [5, 5.41) is 5.22. The van der Waals surface area contributed by atoms with E-state index in [1.165, 1.54) is 16.9 Å². The zero-order valence-electron chi connectivity index (χ0n) is 13.9. The van der Waals surface area contributed by atoms with Gasteiger partial charge in [-0.25, -0.2) is 4.98 Å². The molecule has 2 aromatic rings. The fourth-order valence-electron chi connectivity index (χ4n) is 2.86. The van der Waals surface area contributed by atoms with Crippen LogP contribution < -0.4 is 5.32 Å². The number of carbonyl (C=O) groups is 2. The highest BCUT2D eigenvalue weighted by Gasteiger charge is 2.45. The Morgan fingerprint density at radius 3 is 2.71 bits per heavy atom. The molecule has 2 amide bonds. The molecular weight excluding hydrogens is 322 g/mol. The van der Waals surface area contributed by atoms with E-state index < -0.39 is 0 Å². The minimum atomic E-state index is -0.198. The van der Waals surface area contributed by atoms with Crippen LogP contribution in [0.3, 0.4) is 0 Å². The van der Waals surface area contributed by atoms with Crippen LogP contribution >= 0.6 is 11.3 Å². The van der Waals surface area contributed by atoms with Crippen LogP contribution in [-0.2, 0) is 9.59 Å². The number of aromatic nitrogens is 1. The molecule has 1 aromatic heterocycles. The van der Waals surface area contributed by atoms with Crippen molar-refractivity contribution in [1.29, 1.82) is 0 Å². The standard InChI is InChI=1S/C18H21N3O2S/c1-3-21(10-16(22)20-18-19-12(2)11-24-18)17(23)15-9-14(15)13-7-5-4-6-8-13/h4-8,11,14-15H,3,9-10H2,1-2H3,(H,19,20,22). The van der Waals surface area contributed by atoms with Crippen LogP contribution in [0.5, 0.6) is 0 Å². The van der Waals surface area contributed by atoms with E-state index >= 15 is 0 Å². The van der Waals surface area contributed by atoms with Gasteiger partial charge >= 0.3 is 0 Å². The SMILES string of the molecule is CCN(CC(=O)Nc1nc(C)cs1)C(=O)C1CC1c1ccccc1. The van der Waals surface area contributed by atoms with Gasteiger partial charge in [0.1, 0.15) is 0 Å². The van der Waals surface area contributed by atoms with Crippen LogP contribution in [0.2, 0.25) is 0 Å². The predicted molar refractivity (Wildman–Crippen MR) is 95.0 cm³/mol. The molecule has 0 radical (unpaired) electrons. The molecular formula is C18H21N3O2S. The largest absolute Gasteiger partial charge is 0.333 e. The number of nitrogens with zero attached hydrogens (tertiary/aromatic N) is 2. The number of benzene rings is 1. The van der Waals surface area contributed by atoms with Gasteiger partial charge in [-0.1, -0.05) is 30.3 Å². The molecule has 0 spiro atoms. The Kier molecular flexibility index (Phi) is 4.94. The molecule has 1 saturated carbocycles. The van der Waals surface area contributed by atoms with Crippen molar-refractivity contribution in [3.05, 3.63) is 47.0 Å². The molecule has 2 atom stereocenters. The Labute approximate surface area is 145 Å². The molecule has 1 fully saturated rings. The van der Waals surface area contributed by atoms with Crippen LogP contribution in [0.4, 0.5) is 5.13 Å². The minimum Gasteiger partial charge on any atom is -0.333 e. The number of likely N-dealkylation sites (N-methyl/N-ethyl adjacent to an activating group) is 1. The Balaban J connectivity index is 1.56. The molecule has 1 aromatic carbocycles. The summed E-state index contributed by atoms with van der Waals surface area (Å²) in [5.41, 5.74) is 2.08. The maximum atomic E-state index is 12.6. The van der Waals surface area contributed by atoms with Crippen LogP contribution in [0, 0.1) is 12.8 Å². The number of nitrogens with one attached hydrogen (secondary N) is 1. The molecule has 2 unspecified atom stereocenters. The van der Waals surface area contributed by atoms with Crippen LogP contribution in [0.15, 0.2) is 35.7 Å². The molecule has 1 N–H and O–H groups in total. The van der Waals surface area contributed by atoms with E-state index in [2.05, 4.69) is 22.4 Å². The number of carbonyl (C=O) groups excluding carboxylic acids is 2. The highest BCUT2D eigenvalue weighted by molar-refractivity contribution is 7.13. The van der Waals surface area contributed by atoms with Crippen molar-refractivity contribution >= 4 is 28.3 Å². The lowest BCUT2D eigenvalue weighted by Crippen LogP contribution is -2.39. The molecule has 1 aliphatic rings. The summed E-state index contributed by atoms with van der Waals surface area (Å²) in [4.78, 5) is 30.6. The van der Waals surface area contributed by atoms with E-state index in [4.69, 9.17) is 0 Å². The first-order valence-corrected chi connectivity index (χ1v) is 9.02. The number of rotatable bonds is 6. The van der Waals surface area contributed by atoms with Gasteiger partial charge in [-0.15, -0.1) is 11.3 Å². The topological polar surface area (TPSA) is 62.3 Å². The first-order valence-electron chi connectivity index (χ1n) is 8.14. The summed E-state index contributed by atoms with van der Waals surface area (Å²) < 4.78 is 0. The zero-order valence-corrected chi connectivity index (χ0v) is 14.7. The molecule has 5 nitrogen and oxygen atoms in total. The molecule has 0 aliphatic heterocycles. The molecule has 3 rings (SSSR count). The normalized spacial score (nSPS) is 18.9. The lowest BCUT2D eigenvalue weighted by Gasteiger charge is -2.20. The van der Waals surface area contributed by atoms with Crippen molar-refractivity contribution in [3.63, 3.8) is 0 Å². The lowest BCUT2D eigenvalue weighted by molar-refractivity contribution is -0.135. The average Bonchev–Trinajstić information content (AvgIpc) is 3.29.